The summed E-state index contributed by atoms with van der Waals surface area (Å²) < 4.78 is 12.3. The van der Waals surface area contributed by atoms with Gasteiger partial charge in [-0.1, -0.05) is 11.8 Å². The van der Waals surface area contributed by atoms with Crippen LogP contribution in [0, 0.1) is 13.8 Å². The molecule has 0 bridgehead atoms. The van der Waals surface area contributed by atoms with Crippen molar-refractivity contribution in [3.05, 3.63) is 44.6 Å². The molecule has 0 N–H and O–H groups in total. The lowest BCUT2D eigenvalue weighted by atomic mass is 10.1. The third-order valence-electron chi connectivity index (χ3n) is 4.75. The Balaban J connectivity index is 1.65. The maximum Gasteiger partial charge on any atom is 0.263 e. The van der Waals surface area contributed by atoms with Crippen LogP contribution in [0.15, 0.2) is 28.2 Å². The van der Waals surface area contributed by atoms with Crippen LogP contribution in [0.2, 0.25) is 0 Å². The van der Waals surface area contributed by atoms with Crippen molar-refractivity contribution >= 4 is 39.1 Å². The molecule has 3 aromatic rings. The van der Waals surface area contributed by atoms with Crippen molar-refractivity contribution in [3.8, 4) is 11.5 Å². The Hall–Kier alpha value is -2.32. The normalized spacial score (nSPS) is 12.9. The molecule has 6 nitrogen and oxygen atoms in total. The van der Waals surface area contributed by atoms with Crippen LogP contribution in [-0.4, -0.2) is 27.9 Å². The van der Waals surface area contributed by atoms with Crippen molar-refractivity contribution in [2.75, 3.05) is 12.5 Å². The highest BCUT2D eigenvalue weighted by atomic mass is 32.2. The number of thiophene rings is 1. The first-order valence-corrected chi connectivity index (χ1v) is 10.7. The zero-order valence-electron chi connectivity index (χ0n) is 16.1. The first-order chi connectivity index (χ1) is 13.4. The Kier molecular flexibility index (Phi) is 4.93. The molecule has 146 valence electrons. The van der Waals surface area contributed by atoms with Gasteiger partial charge in [-0.25, -0.2) is 4.98 Å². The SMILES string of the molecule is Cc1sc2nc(SCC(=O)c3ccc4c(c3)OCO4)n(C(C)C)c(=O)c2c1C. The average molecular weight is 417 g/mol. The largest absolute Gasteiger partial charge is 0.454 e. The monoisotopic (exact) mass is 416 g/mol. The molecule has 0 amide bonds. The van der Waals surface area contributed by atoms with Gasteiger partial charge in [0, 0.05) is 16.5 Å². The number of nitrogens with zero attached hydrogens (tertiary/aromatic N) is 2. The van der Waals surface area contributed by atoms with Crippen LogP contribution in [0.1, 0.15) is 40.7 Å². The average Bonchev–Trinajstić information content (AvgIpc) is 3.23. The molecule has 0 radical (unpaired) electrons. The number of thioether (sulfide) groups is 1. The first kappa shape index (κ1) is 19.0. The van der Waals surface area contributed by atoms with E-state index in [-0.39, 0.29) is 29.9 Å². The molecule has 0 unspecified atom stereocenters. The number of benzene rings is 1. The van der Waals surface area contributed by atoms with Gasteiger partial charge in [0.25, 0.3) is 5.56 Å². The fourth-order valence-corrected chi connectivity index (χ4v) is 5.22. The number of ether oxygens (including phenoxy) is 2. The number of carbonyl (C=O) groups excluding carboxylic acids is 1. The number of hydrogen-bond acceptors (Lipinski definition) is 7. The number of Topliss-reactive ketones (excluding diaryl/α,β-unsaturated/α-hetero) is 1. The summed E-state index contributed by atoms with van der Waals surface area (Å²) in [5, 5.41) is 1.26. The Morgan fingerprint density at radius 2 is 2.04 bits per heavy atom. The van der Waals surface area contributed by atoms with E-state index in [2.05, 4.69) is 0 Å². The number of aromatic nitrogens is 2. The number of hydrogen-bond donors (Lipinski definition) is 0. The number of rotatable bonds is 5. The lowest BCUT2D eigenvalue weighted by Crippen LogP contribution is -2.25. The van der Waals surface area contributed by atoms with Crippen molar-refractivity contribution in [3.63, 3.8) is 0 Å². The molecule has 0 saturated heterocycles. The van der Waals surface area contributed by atoms with E-state index in [4.69, 9.17) is 14.5 Å². The minimum absolute atomic E-state index is 0.0418. The van der Waals surface area contributed by atoms with Gasteiger partial charge in [0.2, 0.25) is 6.79 Å². The summed E-state index contributed by atoms with van der Waals surface area (Å²) in [5.74, 6) is 1.37. The maximum atomic E-state index is 13.1. The van der Waals surface area contributed by atoms with Crippen LogP contribution in [0.25, 0.3) is 10.2 Å². The molecule has 3 heterocycles. The quantitative estimate of drug-likeness (QED) is 0.350. The van der Waals surface area contributed by atoms with E-state index in [1.807, 2.05) is 27.7 Å². The van der Waals surface area contributed by atoms with Crippen LogP contribution in [0.4, 0.5) is 0 Å². The van der Waals surface area contributed by atoms with Crippen LogP contribution >= 0.6 is 23.1 Å². The summed E-state index contributed by atoms with van der Waals surface area (Å²) in [5.41, 5.74) is 1.50. The van der Waals surface area contributed by atoms with Gasteiger partial charge in [-0.05, 0) is 51.5 Å². The summed E-state index contributed by atoms with van der Waals surface area (Å²) in [6.45, 7) is 8.03. The Morgan fingerprint density at radius 1 is 1.29 bits per heavy atom. The van der Waals surface area contributed by atoms with Crippen LogP contribution in [0.3, 0.4) is 0 Å². The molecule has 0 atom stereocenters. The zero-order valence-corrected chi connectivity index (χ0v) is 17.7. The summed E-state index contributed by atoms with van der Waals surface area (Å²) >= 11 is 2.81. The van der Waals surface area contributed by atoms with Gasteiger partial charge in [0.05, 0.1) is 11.1 Å². The maximum absolute atomic E-state index is 13.1. The third-order valence-corrected chi connectivity index (χ3v) is 6.80. The fraction of sp³-hybridized carbons (Fsp3) is 0.350. The van der Waals surface area contributed by atoms with E-state index in [0.717, 1.165) is 15.3 Å². The van der Waals surface area contributed by atoms with Crippen LogP contribution in [-0.2, 0) is 0 Å². The minimum atomic E-state index is -0.0495. The summed E-state index contributed by atoms with van der Waals surface area (Å²) in [6.07, 6.45) is 0. The third kappa shape index (κ3) is 3.20. The highest BCUT2D eigenvalue weighted by molar-refractivity contribution is 7.99. The first-order valence-electron chi connectivity index (χ1n) is 8.94. The van der Waals surface area contributed by atoms with Gasteiger partial charge < -0.3 is 9.47 Å². The highest BCUT2D eigenvalue weighted by Crippen LogP contribution is 2.33. The van der Waals surface area contributed by atoms with Gasteiger partial charge in [-0.3, -0.25) is 14.2 Å². The van der Waals surface area contributed by atoms with Gasteiger partial charge in [-0.2, -0.15) is 0 Å². The van der Waals surface area contributed by atoms with E-state index in [9.17, 15) is 9.59 Å². The van der Waals surface area contributed by atoms with Gasteiger partial charge in [0.15, 0.2) is 22.4 Å². The van der Waals surface area contributed by atoms with Gasteiger partial charge in [-0.15, -0.1) is 11.3 Å². The van der Waals surface area contributed by atoms with E-state index < -0.39 is 0 Å². The van der Waals surface area contributed by atoms with E-state index in [1.54, 1.807) is 22.8 Å². The summed E-state index contributed by atoms with van der Waals surface area (Å²) in [4.78, 5) is 32.3. The standard InChI is InChI=1S/C20H20N2O4S2/c1-10(2)22-19(24)17-11(3)12(4)28-18(17)21-20(22)27-8-14(23)13-5-6-15-16(7-13)26-9-25-15/h5-7,10H,8-9H2,1-4H3. The van der Waals surface area contributed by atoms with Gasteiger partial charge in [0.1, 0.15) is 4.83 Å². The smallest absolute Gasteiger partial charge is 0.263 e. The summed E-state index contributed by atoms with van der Waals surface area (Å²) in [6, 6.07) is 5.12. The molecule has 1 aliphatic rings. The van der Waals surface area contributed by atoms with Crippen molar-refractivity contribution in [2.45, 2.75) is 38.9 Å². The second kappa shape index (κ2) is 7.25. The molecule has 0 saturated carbocycles. The Labute approximate surface area is 170 Å². The molecule has 8 heteroatoms. The highest BCUT2D eigenvalue weighted by Gasteiger charge is 2.20. The molecule has 1 aliphatic heterocycles. The number of carbonyl (C=O) groups is 1. The van der Waals surface area contributed by atoms with Crippen LogP contribution < -0.4 is 15.0 Å². The van der Waals surface area contributed by atoms with Gasteiger partial charge >= 0.3 is 0 Å². The number of aryl methyl sites for hydroxylation is 2. The van der Waals surface area contributed by atoms with Crippen molar-refractivity contribution in [1.29, 1.82) is 0 Å². The zero-order chi connectivity index (χ0) is 20.0. The summed E-state index contributed by atoms with van der Waals surface area (Å²) in [7, 11) is 0. The van der Waals surface area contributed by atoms with E-state index >= 15 is 0 Å². The lowest BCUT2D eigenvalue weighted by molar-refractivity contribution is 0.102. The van der Waals surface area contributed by atoms with Crippen molar-refractivity contribution < 1.29 is 14.3 Å². The molecule has 0 fully saturated rings. The van der Waals surface area contributed by atoms with Crippen LogP contribution in [0.5, 0.6) is 11.5 Å². The number of fused-ring (bicyclic) bond motifs is 2. The molecule has 2 aromatic heterocycles. The van der Waals surface area contributed by atoms with Crippen molar-refractivity contribution in [1.82, 2.24) is 9.55 Å². The molecular formula is C20H20N2O4S2. The molecule has 0 aliphatic carbocycles. The topological polar surface area (TPSA) is 70.4 Å². The molecule has 4 rings (SSSR count). The Morgan fingerprint density at radius 3 is 2.79 bits per heavy atom. The minimum Gasteiger partial charge on any atom is -0.454 e. The predicted octanol–water partition coefficient (Wildman–Crippen LogP) is 4.36. The molecule has 0 spiro atoms. The molecular weight excluding hydrogens is 396 g/mol. The van der Waals surface area contributed by atoms with E-state index in [1.165, 1.54) is 23.1 Å². The van der Waals surface area contributed by atoms with Crippen molar-refractivity contribution in [2.24, 2.45) is 0 Å². The molecule has 28 heavy (non-hydrogen) atoms. The lowest BCUT2D eigenvalue weighted by Gasteiger charge is -2.15. The second-order valence-corrected chi connectivity index (χ2v) is 9.05. The number of ketones is 1. The predicted molar refractivity (Wildman–Crippen MR) is 111 cm³/mol. The molecule has 1 aromatic carbocycles. The second-order valence-electron chi connectivity index (χ2n) is 6.91. The Bertz CT molecular complexity index is 1150. The van der Waals surface area contributed by atoms with E-state index in [0.29, 0.717) is 27.6 Å². The fourth-order valence-electron chi connectivity index (χ4n) is 3.13.